The smallest absolute Gasteiger partial charge is 0.167 e. The van der Waals surface area contributed by atoms with Crippen LogP contribution in [0.1, 0.15) is 39.4 Å². The van der Waals surface area contributed by atoms with Crippen molar-refractivity contribution in [1.29, 1.82) is 0 Å². The van der Waals surface area contributed by atoms with Crippen LogP contribution in [0.25, 0.3) is 0 Å². The number of thiocarbonyl (C=S) groups is 1. The van der Waals surface area contributed by atoms with E-state index < -0.39 is 0 Å². The van der Waals surface area contributed by atoms with Crippen molar-refractivity contribution in [2.45, 2.75) is 46.3 Å². The summed E-state index contributed by atoms with van der Waals surface area (Å²) in [6, 6.07) is 2.53. The van der Waals surface area contributed by atoms with E-state index in [2.05, 4.69) is 43.4 Å². The first-order valence-corrected chi connectivity index (χ1v) is 6.04. The van der Waals surface area contributed by atoms with Crippen molar-refractivity contribution in [3.63, 3.8) is 0 Å². The molecule has 0 aliphatic rings. The molecule has 0 aliphatic heterocycles. The van der Waals surface area contributed by atoms with Crippen LogP contribution in [0.15, 0.2) is 12.3 Å². The van der Waals surface area contributed by atoms with E-state index in [-0.39, 0.29) is 6.04 Å². The van der Waals surface area contributed by atoms with E-state index in [1.165, 1.54) is 0 Å². The maximum atomic E-state index is 5.21. The zero-order valence-electron chi connectivity index (χ0n) is 10.3. The van der Waals surface area contributed by atoms with Crippen LogP contribution in [0.2, 0.25) is 0 Å². The molecule has 2 N–H and O–H groups in total. The third kappa shape index (κ3) is 3.48. The Morgan fingerprint density at radius 3 is 2.69 bits per heavy atom. The van der Waals surface area contributed by atoms with Gasteiger partial charge in [0, 0.05) is 18.8 Å². The van der Waals surface area contributed by atoms with Crippen LogP contribution in [0.5, 0.6) is 0 Å². The second kappa shape index (κ2) is 5.84. The number of hydrogen-bond donors (Lipinski definition) is 2. The molecule has 1 rings (SSSR count). The monoisotopic (exact) mass is 240 g/mol. The molecule has 0 saturated heterocycles. The van der Waals surface area contributed by atoms with Crippen LogP contribution in [-0.2, 0) is 6.54 Å². The van der Waals surface area contributed by atoms with Gasteiger partial charge in [-0.05, 0) is 46.0 Å². The van der Waals surface area contributed by atoms with Gasteiger partial charge in [0.25, 0.3) is 0 Å². The molecule has 0 amide bonds. The number of hydrogen-bond acceptors (Lipinski definition) is 2. The van der Waals surface area contributed by atoms with Crippen LogP contribution in [0.3, 0.4) is 0 Å². The van der Waals surface area contributed by atoms with E-state index >= 15 is 0 Å². The van der Waals surface area contributed by atoms with Crippen LogP contribution >= 0.6 is 12.2 Å². The molecule has 0 aliphatic carbocycles. The first kappa shape index (κ1) is 13.0. The Morgan fingerprint density at radius 1 is 1.44 bits per heavy atom. The molecule has 0 aromatic carbocycles. The van der Waals surface area contributed by atoms with Crippen molar-refractivity contribution < 1.29 is 0 Å². The SMILES string of the molecule is CCn1nccc1C(C)NC(=S)NC(C)C. The fourth-order valence-corrected chi connectivity index (χ4v) is 1.96. The Bertz CT molecular complexity index is 346. The predicted octanol–water partition coefficient (Wildman–Crippen LogP) is 1.84. The van der Waals surface area contributed by atoms with E-state index in [0.717, 1.165) is 12.2 Å². The highest BCUT2D eigenvalue weighted by atomic mass is 32.1. The predicted molar refractivity (Wildman–Crippen MR) is 70.3 cm³/mol. The van der Waals surface area contributed by atoms with E-state index in [0.29, 0.717) is 11.2 Å². The molecule has 0 fully saturated rings. The minimum absolute atomic E-state index is 0.168. The topological polar surface area (TPSA) is 41.9 Å². The molecular weight excluding hydrogens is 220 g/mol. The van der Waals surface area contributed by atoms with Crippen molar-refractivity contribution in [2.75, 3.05) is 0 Å². The molecule has 5 heteroatoms. The summed E-state index contributed by atoms with van der Waals surface area (Å²) in [5, 5.41) is 11.3. The molecule has 90 valence electrons. The summed E-state index contributed by atoms with van der Waals surface area (Å²) in [6.45, 7) is 9.16. The Labute approximate surface area is 102 Å². The van der Waals surface area contributed by atoms with Crippen molar-refractivity contribution >= 4 is 17.3 Å². The lowest BCUT2D eigenvalue weighted by molar-refractivity contribution is 0.560. The van der Waals surface area contributed by atoms with Crippen molar-refractivity contribution in [1.82, 2.24) is 20.4 Å². The molecule has 0 radical (unpaired) electrons. The van der Waals surface area contributed by atoms with Gasteiger partial charge in [-0.1, -0.05) is 0 Å². The maximum absolute atomic E-state index is 5.21. The van der Waals surface area contributed by atoms with Gasteiger partial charge in [0.2, 0.25) is 0 Å². The minimum atomic E-state index is 0.168. The standard InChI is InChI=1S/C11H20N4S/c1-5-15-10(6-7-12-15)9(4)14-11(16)13-8(2)3/h6-9H,5H2,1-4H3,(H2,13,14,16). The molecular formula is C11H20N4S. The van der Waals surface area contributed by atoms with Crippen LogP contribution in [0.4, 0.5) is 0 Å². The van der Waals surface area contributed by atoms with Crippen molar-refractivity contribution in [2.24, 2.45) is 0 Å². The molecule has 1 atom stereocenters. The normalized spacial score (nSPS) is 12.6. The number of nitrogens with zero attached hydrogens (tertiary/aromatic N) is 2. The highest BCUT2D eigenvalue weighted by molar-refractivity contribution is 7.80. The molecule has 4 nitrogen and oxygen atoms in total. The number of rotatable bonds is 4. The highest BCUT2D eigenvalue weighted by Crippen LogP contribution is 2.11. The molecule has 1 unspecified atom stereocenters. The Balaban J connectivity index is 2.58. The third-order valence-corrected chi connectivity index (χ3v) is 2.50. The second-order valence-corrected chi connectivity index (χ2v) is 4.47. The average Bonchev–Trinajstić information content (AvgIpc) is 2.63. The van der Waals surface area contributed by atoms with Crippen LogP contribution < -0.4 is 10.6 Å². The van der Waals surface area contributed by atoms with Gasteiger partial charge in [0.05, 0.1) is 11.7 Å². The zero-order chi connectivity index (χ0) is 12.1. The minimum Gasteiger partial charge on any atom is -0.361 e. The van der Waals surface area contributed by atoms with Gasteiger partial charge < -0.3 is 10.6 Å². The van der Waals surface area contributed by atoms with E-state index in [1.54, 1.807) is 0 Å². The number of nitrogens with one attached hydrogen (secondary N) is 2. The van der Waals surface area contributed by atoms with Gasteiger partial charge >= 0.3 is 0 Å². The molecule has 16 heavy (non-hydrogen) atoms. The van der Waals surface area contributed by atoms with Crippen LogP contribution in [0, 0.1) is 0 Å². The fraction of sp³-hybridized carbons (Fsp3) is 0.636. The largest absolute Gasteiger partial charge is 0.361 e. The summed E-state index contributed by atoms with van der Waals surface area (Å²) in [5.74, 6) is 0. The number of aromatic nitrogens is 2. The summed E-state index contributed by atoms with van der Waals surface area (Å²) < 4.78 is 1.97. The summed E-state index contributed by atoms with van der Waals surface area (Å²) >= 11 is 5.21. The second-order valence-electron chi connectivity index (χ2n) is 4.07. The van der Waals surface area contributed by atoms with Crippen molar-refractivity contribution in [3.05, 3.63) is 18.0 Å². The molecule has 0 spiro atoms. The summed E-state index contributed by atoms with van der Waals surface area (Å²) in [4.78, 5) is 0. The highest BCUT2D eigenvalue weighted by Gasteiger charge is 2.11. The van der Waals surface area contributed by atoms with Gasteiger partial charge in [-0.15, -0.1) is 0 Å². The number of aryl methyl sites for hydroxylation is 1. The van der Waals surface area contributed by atoms with Gasteiger partial charge in [0.1, 0.15) is 0 Å². The average molecular weight is 240 g/mol. The lowest BCUT2D eigenvalue weighted by atomic mass is 10.2. The first-order chi connectivity index (χ1) is 7.54. The van der Waals surface area contributed by atoms with Gasteiger partial charge in [-0.2, -0.15) is 5.10 Å². The Morgan fingerprint density at radius 2 is 2.12 bits per heavy atom. The van der Waals surface area contributed by atoms with E-state index in [1.807, 2.05) is 16.9 Å². The maximum Gasteiger partial charge on any atom is 0.167 e. The van der Waals surface area contributed by atoms with Gasteiger partial charge in [-0.25, -0.2) is 0 Å². The lowest BCUT2D eigenvalue weighted by Crippen LogP contribution is -2.40. The Hall–Kier alpha value is -1.10. The van der Waals surface area contributed by atoms with E-state index in [4.69, 9.17) is 12.2 Å². The third-order valence-electron chi connectivity index (χ3n) is 2.26. The fourth-order valence-electron chi connectivity index (χ4n) is 1.55. The Kier molecular flexibility index (Phi) is 4.73. The van der Waals surface area contributed by atoms with Crippen molar-refractivity contribution in [3.8, 4) is 0 Å². The summed E-state index contributed by atoms with van der Waals surface area (Å²) in [6.07, 6.45) is 1.82. The molecule has 0 bridgehead atoms. The zero-order valence-corrected chi connectivity index (χ0v) is 11.1. The van der Waals surface area contributed by atoms with E-state index in [9.17, 15) is 0 Å². The summed E-state index contributed by atoms with van der Waals surface area (Å²) in [5.41, 5.74) is 1.15. The quantitative estimate of drug-likeness (QED) is 0.788. The molecule has 1 aromatic heterocycles. The first-order valence-electron chi connectivity index (χ1n) is 5.63. The van der Waals surface area contributed by atoms with Gasteiger partial charge in [0.15, 0.2) is 5.11 Å². The molecule has 1 aromatic rings. The summed E-state index contributed by atoms with van der Waals surface area (Å²) in [7, 11) is 0. The molecule has 1 heterocycles. The van der Waals surface area contributed by atoms with Gasteiger partial charge in [-0.3, -0.25) is 4.68 Å². The molecule has 0 saturated carbocycles. The van der Waals surface area contributed by atoms with Crippen LogP contribution in [-0.4, -0.2) is 20.9 Å². The lowest BCUT2D eigenvalue weighted by Gasteiger charge is -2.19.